The normalized spacial score (nSPS) is 12.1. The summed E-state index contributed by atoms with van der Waals surface area (Å²) in [6.45, 7) is 4.22. The van der Waals surface area contributed by atoms with Gasteiger partial charge in [-0.3, -0.25) is 4.68 Å². The zero-order valence-corrected chi connectivity index (χ0v) is 15.3. The third-order valence-corrected chi connectivity index (χ3v) is 5.38. The molecule has 0 saturated heterocycles. The molecule has 2 aromatic rings. The van der Waals surface area contributed by atoms with Gasteiger partial charge < -0.3 is 0 Å². The van der Waals surface area contributed by atoms with E-state index in [9.17, 15) is 0 Å². The summed E-state index contributed by atoms with van der Waals surface area (Å²) in [7, 11) is 0. The van der Waals surface area contributed by atoms with Crippen LogP contribution in [0.15, 0.2) is 41.0 Å². The van der Waals surface area contributed by atoms with Crippen molar-refractivity contribution in [3.05, 3.63) is 52.3 Å². The highest BCUT2D eigenvalue weighted by Crippen LogP contribution is 2.35. The smallest absolute Gasteiger partial charge is 0.0634 e. The molecule has 2 rings (SSSR count). The second-order valence-electron chi connectivity index (χ2n) is 5.59. The molecule has 21 heavy (non-hydrogen) atoms. The molecule has 1 aromatic heterocycles. The first-order valence-corrected chi connectivity index (χ1v) is 8.79. The Morgan fingerprint density at radius 1 is 1.19 bits per heavy atom. The van der Waals surface area contributed by atoms with Gasteiger partial charge in [-0.2, -0.15) is 5.10 Å². The van der Waals surface area contributed by atoms with Gasteiger partial charge >= 0.3 is 0 Å². The zero-order valence-electron chi connectivity index (χ0n) is 12.2. The largest absolute Gasteiger partial charge is 0.270 e. The second kappa shape index (κ2) is 7.17. The average molecular weight is 390 g/mol. The molecule has 0 saturated carbocycles. The van der Waals surface area contributed by atoms with E-state index in [2.05, 4.69) is 40.9 Å². The second-order valence-corrected chi connectivity index (χ2v) is 6.97. The highest BCUT2D eigenvalue weighted by atomic mass is 79.9. The number of hydrogen-bond acceptors (Lipinski definition) is 1. The van der Waals surface area contributed by atoms with Crippen molar-refractivity contribution in [1.82, 2.24) is 9.78 Å². The maximum absolute atomic E-state index is 6.31. The van der Waals surface area contributed by atoms with Crippen LogP contribution < -0.4 is 0 Å². The number of benzene rings is 1. The quantitative estimate of drug-likeness (QED) is 0.622. The summed E-state index contributed by atoms with van der Waals surface area (Å²) in [6, 6.07) is 10.5. The first kappa shape index (κ1) is 16.9. The van der Waals surface area contributed by atoms with E-state index in [4.69, 9.17) is 23.2 Å². The molecule has 0 amide bonds. The molecule has 0 aliphatic carbocycles. The Labute approximate surface area is 144 Å². The average Bonchev–Trinajstić information content (AvgIpc) is 2.94. The Morgan fingerprint density at radius 3 is 2.38 bits per heavy atom. The van der Waals surface area contributed by atoms with Gasteiger partial charge in [0.25, 0.3) is 0 Å². The monoisotopic (exact) mass is 388 g/mol. The molecule has 0 spiro atoms. The lowest BCUT2D eigenvalue weighted by atomic mass is 9.80. The van der Waals surface area contributed by atoms with Gasteiger partial charge in [0.05, 0.1) is 5.69 Å². The van der Waals surface area contributed by atoms with Gasteiger partial charge in [0.15, 0.2) is 0 Å². The first-order valence-electron chi connectivity index (χ1n) is 6.93. The molecule has 0 aliphatic heterocycles. The predicted molar refractivity (Wildman–Crippen MR) is 93.6 cm³/mol. The third-order valence-electron chi connectivity index (χ3n) is 3.67. The van der Waals surface area contributed by atoms with Crippen molar-refractivity contribution >= 4 is 39.1 Å². The highest BCUT2D eigenvalue weighted by molar-refractivity contribution is 9.10. The number of alkyl halides is 2. The van der Waals surface area contributed by atoms with Crippen LogP contribution in [0.3, 0.4) is 0 Å². The number of aromatic nitrogens is 2. The number of hydrogen-bond donors (Lipinski definition) is 0. The maximum Gasteiger partial charge on any atom is 0.0634 e. The minimum atomic E-state index is -0.320. The van der Waals surface area contributed by atoms with Gasteiger partial charge in [0, 0.05) is 40.3 Å². The number of rotatable bonds is 6. The molecule has 0 radical (unpaired) electrons. The van der Waals surface area contributed by atoms with Crippen LogP contribution in [0.1, 0.15) is 31.1 Å². The van der Waals surface area contributed by atoms with Crippen molar-refractivity contribution in [2.75, 3.05) is 11.8 Å². The fourth-order valence-corrected chi connectivity index (χ4v) is 3.83. The van der Waals surface area contributed by atoms with Crippen molar-refractivity contribution in [3.63, 3.8) is 0 Å². The van der Waals surface area contributed by atoms with Crippen molar-refractivity contribution in [3.8, 4) is 0 Å². The van der Waals surface area contributed by atoms with E-state index in [1.807, 2.05) is 35.1 Å². The lowest BCUT2D eigenvalue weighted by Crippen LogP contribution is -2.34. The zero-order chi connectivity index (χ0) is 15.5. The van der Waals surface area contributed by atoms with E-state index in [-0.39, 0.29) is 5.41 Å². The highest BCUT2D eigenvalue weighted by Gasteiger charge is 2.33. The first-order chi connectivity index (χ1) is 10.0. The molecule has 1 aromatic carbocycles. The molecular formula is C16H19BrCl2N2. The van der Waals surface area contributed by atoms with Gasteiger partial charge in [0.2, 0.25) is 0 Å². The summed E-state index contributed by atoms with van der Waals surface area (Å²) in [5.74, 6) is 0.904. The Balaban J connectivity index is 2.36. The van der Waals surface area contributed by atoms with Crippen LogP contribution >= 0.6 is 39.1 Å². The molecule has 5 heteroatoms. The molecule has 1 heterocycles. The van der Waals surface area contributed by atoms with Gasteiger partial charge in [-0.25, -0.2) is 0 Å². The summed E-state index contributed by atoms with van der Waals surface area (Å²) < 4.78 is 3.00. The molecular weight excluding hydrogens is 371 g/mol. The van der Waals surface area contributed by atoms with Crippen LogP contribution in [0.5, 0.6) is 0 Å². The summed E-state index contributed by atoms with van der Waals surface area (Å²) in [5.41, 5.74) is 1.83. The van der Waals surface area contributed by atoms with E-state index in [1.54, 1.807) is 0 Å². The summed E-state index contributed by atoms with van der Waals surface area (Å²) in [6.07, 6.45) is 2.73. The standard InChI is InChI=1S/C16H19BrCl2N2/c1-12(2)21-8-7-13(20-21)9-16(10-18,11-19)14-5-3-4-6-15(14)17/h3-8,12H,9-11H2,1-2H3. The predicted octanol–water partition coefficient (Wildman–Crippen LogP) is 5.18. The molecule has 0 unspecified atom stereocenters. The SMILES string of the molecule is CC(C)n1ccc(CC(CCl)(CCl)c2ccccc2Br)n1. The molecule has 0 fully saturated rings. The minimum Gasteiger partial charge on any atom is -0.270 e. The van der Waals surface area contributed by atoms with E-state index in [1.165, 1.54) is 0 Å². The van der Waals surface area contributed by atoms with Crippen LogP contribution in [0.2, 0.25) is 0 Å². The molecule has 0 bridgehead atoms. The van der Waals surface area contributed by atoms with E-state index in [0.717, 1.165) is 22.2 Å². The van der Waals surface area contributed by atoms with Crippen LogP contribution in [-0.2, 0) is 11.8 Å². The van der Waals surface area contributed by atoms with Gasteiger partial charge in [-0.15, -0.1) is 23.2 Å². The molecule has 114 valence electrons. The lowest BCUT2D eigenvalue weighted by molar-refractivity contribution is 0.495. The summed E-state index contributed by atoms with van der Waals surface area (Å²) in [5, 5.41) is 4.63. The topological polar surface area (TPSA) is 17.8 Å². The maximum atomic E-state index is 6.31. The van der Waals surface area contributed by atoms with Crippen molar-refractivity contribution in [1.29, 1.82) is 0 Å². The summed E-state index contributed by atoms with van der Waals surface area (Å²) in [4.78, 5) is 0. The minimum absolute atomic E-state index is 0.320. The Hall–Kier alpha value is -0.510. The van der Waals surface area contributed by atoms with Crippen molar-refractivity contribution in [2.45, 2.75) is 31.7 Å². The van der Waals surface area contributed by atoms with Crippen molar-refractivity contribution in [2.24, 2.45) is 0 Å². The third kappa shape index (κ3) is 3.64. The van der Waals surface area contributed by atoms with E-state index >= 15 is 0 Å². The Kier molecular flexibility index (Phi) is 5.75. The molecule has 0 atom stereocenters. The molecule has 0 N–H and O–H groups in total. The number of nitrogens with zero attached hydrogens (tertiary/aromatic N) is 2. The summed E-state index contributed by atoms with van der Waals surface area (Å²) >= 11 is 16.2. The van der Waals surface area contributed by atoms with E-state index < -0.39 is 0 Å². The van der Waals surface area contributed by atoms with Gasteiger partial charge in [-0.05, 0) is 31.5 Å². The van der Waals surface area contributed by atoms with Crippen LogP contribution in [0, 0.1) is 0 Å². The van der Waals surface area contributed by atoms with Gasteiger partial charge in [-0.1, -0.05) is 34.1 Å². The van der Waals surface area contributed by atoms with Crippen LogP contribution in [0.4, 0.5) is 0 Å². The van der Waals surface area contributed by atoms with Crippen molar-refractivity contribution < 1.29 is 0 Å². The fourth-order valence-electron chi connectivity index (χ4n) is 2.37. The van der Waals surface area contributed by atoms with E-state index in [0.29, 0.717) is 17.8 Å². The molecule has 2 nitrogen and oxygen atoms in total. The van der Waals surface area contributed by atoms with Crippen LogP contribution in [0.25, 0.3) is 0 Å². The Morgan fingerprint density at radius 2 is 1.86 bits per heavy atom. The lowest BCUT2D eigenvalue weighted by Gasteiger charge is -2.30. The number of halogens is 3. The van der Waals surface area contributed by atoms with Gasteiger partial charge in [0.1, 0.15) is 0 Å². The fraction of sp³-hybridized carbons (Fsp3) is 0.438. The molecule has 0 aliphatic rings. The van der Waals surface area contributed by atoms with Crippen LogP contribution in [-0.4, -0.2) is 21.5 Å². The Bertz CT molecular complexity index is 591.